The summed E-state index contributed by atoms with van der Waals surface area (Å²) in [5.74, 6) is 0.574. The van der Waals surface area contributed by atoms with Gasteiger partial charge >= 0.3 is 5.97 Å². The molecule has 2 aromatic carbocycles. The maximum absolute atomic E-state index is 10.7. The normalized spacial score (nSPS) is 10.5. The van der Waals surface area contributed by atoms with Crippen LogP contribution in [0.3, 0.4) is 0 Å². The molecule has 0 aliphatic carbocycles. The van der Waals surface area contributed by atoms with Gasteiger partial charge in [-0.15, -0.1) is 0 Å². The van der Waals surface area contributed by atoms with Gasteiger partial charge in [-0.3, -0.25) is 4.79 Å². The average Bonchev–Trinajstić information content (AvgIpc) is 2.56. The highest BCUT2D eigenvalue weighted by atomic mass is 16.5. The third kappa shape index (κ3) is 3.37. The van der Waals surface area contributed by atoms with Crippen molar-refractivity contribution in [3.63, 3.8) is 0 Å². The van der Waals surface area contributed by atoms with E-state index in [0.717, 1.165) is 27.9 Å². The molecule has 2 N–H and O–H groups in total. The summed E-state index contributed by atoms with van der Waals surface area (Å²) in [5, 5.41) is 12.9. The van der Waals surface area contributed by atoms with Gasteiger partial charge in [-0.05, 0) is 29.8 Å². The number of benzene rings is 2. The lowest BCUT2D eigenvalue weighted by atomic mass is 10.1. The highest BCUT2D eigenvalue weighted by Crippen LogP contribution is 2.26. The van der Waals surface area contributed by atoms with Crippen molar-refractivity contribution in [3.8, 4) is 5.75 Å². The summed E-state index contributed by atoms with van der Waals surface area (Å²) in [6, 6.07) is 12.8. The molecule has 1 heterocycles. The summed E-state index contributed by atoms with van der Waals surface area (Å²) in [6.45, 7) is 0. The van der Waals surface area contributed by atoms with Gasteiger partial charge in [0.2, 0.25) is 0 Å². The Morgan fingerprint density at radius 2 is 1.96 bits per heavy atom. The van der Waals surface area contributed by atoms with Crippen molar-refractivity contribution < 1.29 is 14.6 Å². The van der Waals surface area contributed by atoms with Crippen LogP contribution in [0, 0.1) is 0 Å². The molecule has 0 aliphatic rings. The van der Waals surface area contributed by atoms with E-state index >= 15 is 0 Å². The topological polar surface area (TPSA) is 84.3 Å². The number of rotatable bonds is 5. The van der Waals surface area contributed by atoms with Crippen LogP contribution in [0.1, 0.15) is 5.56 Å². The monoisotopic (exact) mass is 309 g/mol. The zero-order valence-electron chi connectivity index (χ0n) is 12.5. The van der Waals surface area contributed by atoms with Crippen LogP contribution in [0.25, 0.3) is 10.9 Å². The van der Waals surface area contributed by atoms with E-state index in [0.29, 0.717) is 5.82 Å². The fourth-order valence-corrected chi connectivity index (χ4v) is 2.28. The molecule has 23 heavy (non-hydrogen) atoms. The maximum atomic E-state index is 10.7. The second-order valence-electron chi connectivity index (χ2n) is 5.00. The largest absolute Gasteiger partial charge is 0.497 e. The molecule has 6 heteroatoms. The van der Waals surface area contributed by atoms with Crippen LogP contribution in [0.4, 0.5) is 11.5 Å². The Kier molecular flexibility index (Phi) is 4.05. The first-order chi connectivity index (χ1) is 11.2. The van der Waals surface area contributed by atoms with Gasteiger partial charge in [0, 0.05) is 17.1 Å². The molecule has 0 atom stereocenters. The lowest BCUT2D eigenvalue weighted by Crippen LogP contribution is -2.00. The molecule has 0 spiro atoms. The molecule has 0 radical (unpaired) electrons. The van der Waals surface area contributed by atoms with Crippen molar-refractivity contribution in [2.75, 3.05) is 12.4 Å². The Morgan fingerprint density at radius 1 is 1.17 bits per heavy atom. The van der Waals surface area contributed by atoms with Gasteiger partial charge in [0.05, 0.1) is 19.0 Å². The quantitative estimate of drug-likeness (QED) is 0.753. The van der Waals surface area contributed by atoms with Crippen LogP contribution < -0.4 is 10.1 Å². The molecule has 0 saturated heterocycles. The second-order valence-corrected chi connectivity index (χ2v) is 5.00. The predicted molar refractivity (Wildman–Crippen MR) is 87.2 cm³/mol. The van der Waals surface area contributed by atoms with E-state index in [1.54, 1.807) is 19.2 Å². The fourth-order valence-electron chi connectivity index (χ4n) is 2.28. The van der Waals surface area contributed by atoms with E-state index < -0.39 is 5.97 Å². The number of hydrogen-bond acceptors (Lipinski definition) is 5. The summed E-state index contributed by atoms with van der Waals surface area (Å²) >= 11 is 0. The molecule has 6 nitrogen and oxygen atoms in total. The van der Waals surface area contributed by atoms with Gasteiger partial charge in [0.25, 0.3) is 0 Å². The second kappa shape index (κ2) is 6.31. The number of methoxy groups -OCH3 is 1. The van der Waals surface area contributed by atoms with Gasteiger partial charge in [-0.25, -0.2) is 9.97 Å². The molecule has 1 aromatic heterocycles. The molecule has 0 aliphatic heterocycles. The third-order valence-electron chi connectivity index (χ3n) is 3.42. The number of nitrogens with zero attached hydrogens (tertiary/aromatic N) is 2. The van der Waals surface area contributed by atoms with Crippen LogP contribution in [0.15, 0.2) is 48.8 Å². The van der Waals surface area contributed by atoms with E-state index in [9.17, 15) is 4.79 Å². The molecule has 0 bridgehead atoms. The first-order valence-electron chi connectivity index (χ1n) is 7.02. The fraction of sp³-hybridized carbons (Fsp3) is 0.118. The Hall–Kier alpha value is -3.15. The van der Waals surface area contributed by atoms with Crippen molar-refractivity contribution in [3.05, 3.63) is 54.4 Å². The third-order valence-corrected chi connectivity index (χ3v) is 3.42. The van der Waals surface area contributed by atoms with Crippen LogP contribution in [0.2, 0.25) is 0 Å². The minimum Gasteiger partial charge on any atom is -0.497 e. The number of nitrogens with one attached hydrogen (secondary N) is 1. The molecule has 3 rings (SSSR count). The van der Waals surface area contributed by atoms with E-state index in [4.69, 9.17) is 9.84 Å². The van der Waals surface area contributed by atoms with Crippen molar-refractivity contribution in [1.82, 2.24) is 9.97 Å². The zero-order valence-corrected chi connectivity index (χ0v) is 12.5. The van der Waals surface area contributed by atoms with Crippen LogP contribution in [-0.4, -0.2) is 28.2 Å². The number of hydrogen-bond donors (Lipinski definition) is 2. The zero-order chi connectivity index (χ0) is 16.2. The number of carboxylic acids is 1. The summed E-state index contributed by atoms with van der Waals surface area (Å²) in [7, 11) is 1.61. The molecular weight excluding hydrogens is 294 g/mol. The van der Waals surface area contributed by atoms with E-state index in [1.807, 2.05) is 30.3 Å². The van der Waals surface area contributed by atoms with Gasteiger partial charge in [0.15, 0.2) is 0 Å². The number of fused-ring (bicyclic) bond motifs is 1. The van der Waals surface area contributed by atoms with E-state index in [-0.39, 0.29) is 6.42 Å². The number of carboxylic acid groups (broad SMARTS) is 1. The molecule has 116 valence electrons. The Morgan fingerprint density at radius 3 is 2.65 bits per heavy atom. The van der Waals surface area contributed by atoms with Crippen LogP contribution >= 0.6 is 0 Å². The molecule has 0 unspecified atom stereocenters. The van der Waals surface area contributed by atoms with Crippen molar-refractivity contribution >= 4 is 28.4 Å². The van der Waals surface area contributed by atoms with Gasteiger partial charge in [-0.1, -0.05) is 12.1 Å². The molecule has 3 aromatic rings. The SMILES string of the molecule is COc1ccc2c(Nc3ccc(CC(=O)O)cc3)ncnc2c1. The molecular formula is C17H15N3O3. The number of aromatic nitrogens is 2. The minimum atomic E-state index is -0.846. The lowest BCUT2D eigenvalue weighted by molar-refractivity contribution is -0.136. The van der Waals surface area contributed by atoms with Gasteiger partial charge in [0.1, 0.15) is 17.9 Å². The van der Waals surface area contributed by atoms with E-state index in [1.165, 1.54) is 6.33 Å². The average molecular weight is 309 g/mol. The van der Waals surface area contributed by atoms with Crippen LogP contribution in [-0.2, 0) is 11.2 Å². The Labute approximate surface area is 132 Å². The molecule has 0 amide bonds. The van der Waals surface area contributed by atoms with Crippen molar-refractivity contribution in [1.29, 1.82) is 0 Å². The van der Waals surface area contributed by atoms with Crippen molar-refractivity contribution in [2.45, 2.75) is 6.42 Å². The van der Waals surface area contributed by atoms with Gasteiger partial charge < -0.3 is 15.2 Å². The highest BCUT2D eigenvalue weighted by Gasteiger charge is 2.06. The summed E-state index contributed by atoms with van der Waals surface area (Å²) in [6.07, 6.45) is 1.50. The smallest absolute Gasteiger partial charge is 0.307 e. The van der Waals surface area contributed by atoms with Gasteiger partial charge in [-0.2, -0.15) is 0 Å². The van der Waals surface area contributed by atoms with Crippen LogP contribution in [0.5, 0.6) is 5.75 Å². The number of ether oxygens (including phenoxy) is 1. The van der Waals surface area contributed by atoms with Crippen molar-refractivity contribution in [2.24, 2.45) is 0 Å². The lowest BCUT2D eigenvalue weighted by Gasteiger charge is -2.09. The first kappa shape index (κ1) is 14.8. The molecule has 0 saturated carbocycles. The van der Waals surface area contributed by atoms with E-state index in [2.05, 4.69) is 15.3 Å². The number of carbonyl (C=O) groups is 1. The standard InChI is InChI=1S/C17H15N3O3/c1-23-13-6-7-14-15(9-13)18-10-19-17(14)20-12-4-2-11(3-5-12)8-16(21)22/h2-7,9-10H,8H2,1H3,(H,21,22)(H,18,19,20). The predicted octanol–water partition coefficient (Wildman–Crippen LogP) is 3.01. The highest BCUT2D eigenvalue weighted by molar-refractivity contribution is 5.91. The maximum Gasteiger partial charge on any atom is 0.307 e. The Balaban J connectivity index is 1.87. The number of anilines is 2. The number of aliphatic carboxylic acids is 1. The minimum absolute atomic E-state index is 0.0104. The molecule has 0 fully saturated rings. The Bertz CT molecular complexity index is 847. The summed E-state index contributed by atoms with van der Waals surface area (Å²) in [5.41, 5.74) is 2.36. The summed E-state index contributed by atoms with van der Waals surface area (Å²) < 4.78 is 5.20. The summed E-state index contributed by atoms with van der Waals surface area (Å²) in [4.78, 5) is 19.2. The first-order valence-corrected chi connectivity index (χ1v) is 7.02.